The van der Waals surface area contributed by atoms with E-state index in [2.05, 4.69) is 22.2 Å². The highest BCUT2D eigenvalue weighted by Crippen LogP contribution is 2.31. The zero-order valence-corrected chi connectivity index (χ0v) is 11.6. The summed E-state index contributed by atoms with van der Waals surface area (Å²) >= 11 is 6.06. The Morgan fingerprint density at radius 2 is 2.21 bits per heavy atom. The largest absolute Gasteiger partial charge is 0.480 e. The predicted molar refractivity (Wildman–Crippen MR) is 72.4 cm³/mol. The lowest BCUT2D eigenvalue weighted by Gasteiger charge is -2.18. The Morgan fingerprint density at radius 3 is 2.84 bits per heavy atom. The van der Waals surface area contributed by atoms with Gasteiger partial charge in [0.05, 0.1) is 19.4 Å². The summed E-state index contributed by atoms with van der Waals surface area (Å²) in [6, 6.07) is 1.62. The Labute approximate surface area is 117 Å². The molecule has 2 aromatic heterocycles. The van der Waals surface area contributed by atoms with Crippen molar-refractivity contribution in [2.24, 2.45) is 0 Å². The van der Waals surface area contributed by atoms with E-state index in [-0.39, 0.29) is 6.04 Å². The van der Waals surface area contributed by atoms with Crippen LogP contribution in [0.15, 0.2) is 29.1 Å². The van der Waals surface area contributed by atoms with Gasteiger partial charge in [0, 0.05) is 18.0 Å². The van der Waals surface area contributed by atoms with Gasteiger partial charge in [0.15, 0.2) is 5.22 Å². The maximum Gasteiger partial charge on any atom is 0.237 e. The zero-order valence-electron chi connectivity index (χ0n) is 10.9. The van der Waals surface area contributed by atoms with E-state index in [1.165, 1.54) is 0 Å². The van der Waals surface area contributed by atoms with E-state index in [1.807, 2.05) is 6.07 Å². The number of methoxy groups -OCH3 is 1. The molecule has 0 spiro atoms. The Hall–Kier alpha value is -1.59. The van der Waals surface area contributed by atoms with Gasteiger partial charge in [-0.2, -0.15) is 0 Å². The van der Waals surface area contributed by atoms with E-state index >= 15 is 0 Å². The minimum atomic E-state index is -0.199. The van der Waals surface area contributed by atoms with Gasteiger partial charge in [-0.05, 0) is 30.6 Å². The summed E-state index contributed by atoms with van der Waals surface area (Å²) in [7, 11) is 1.57. The molecule has 0 saturated heterocycles. The molecule has 0 saturated carbocycles. The first-order valence-corrected chi connectivity index (χ1v) is 6.46. The number of nitrogens with one attached hydrogen (secondary N) is 1. The molecule has 5 nitrogen and oxygen atoms in total. The Morgan fingerprint density at radius 1 is 1.42 bits per heavy atom. The highest BCUT2D eigenvalue weighted by Gasteiger charge is 2.23. The number of hydrogen-bond acceptors (Lipinski definition) is 5. The maximum absolute atomic E-state index is 6.06. The molecule has 0 aliphatic rings. The Bertz CT molecular complexity index is 530. The van der Waals surface area contributed by atoms with Gasteiger partial charge in [-0.3, -0.25) is 4.98 Å². The molecule has 6 heteroatoms. The number of hydrogen-bond donors (Lipinski definition) is 1. The molecular weight excluding hydrogens is 266 g/mol. The summed E-state index contributed by atoms with van der Waals surface area (Å²) in [6.45, 7) is 2.92. The zero-order chi connectivity index (χ0) is 13.7. The normalized spacial score (nSPS) is 12.4. The van der Waals surface area contributed by atoms with Crippen molar-refractivity contribution in [1.82, 2.24) is 15.3 Å². The summed E-state index contributed by atoms with van der Waals surface area (Å²) in [5.41, 5.74) is 1.52. The second-order valence-electron chi connectivity index (χ2n) is 3.99. The molecule has 0 aliphatic carbocycles. The fraction of sp³-hybridized carbons (Fsp3) is 0.385. The number of aromatic nitrogens is 2. The van der Waals surface area contributed by atoms with Crippen molar-refractivity contribution < 1.29 is 9.15 Å². The van der Waals surface area contributed by atoms with Crippen LogP contribution in [0.3, 0.4) is 0 Å². The van der Waals surface area contributed by atoms with Crippen LogP contribution in [0.25, 0.3) is 0 Å². The molecule has 19 heavy (non-hydrogen) atoms. The minimum absolute atomic E-state index is 0.199. The number of ether oxygens (including phenoxy) is 1. The first kappa shape index (κ1) is 13.8. The molecular formula is C13H16ClN3O2. The van der Waals surface area contributed by atoms with Crippen LogP contribution in [0.1, 0.15) is 30.6 Å². The van der Waals surface area contributed by atoms with Crippen molar-refractivity contribution >= 4 is 11.6 Å². The van der Waals surface area contributed by atoms with Crippen molar-refractivity contribution in [3.05, 3.63) is 41.2 Å². The van der Waals surface area contributed by atoms with Crippen molar-refractivity contribution in [2.75, 3.05) is 13.7 Å². The van der Waals surface area contributed by atoms with Crippen molar-refractivity contribution in [1.29, 1.82) is 0 Å². The Kier molecular flexibility index (Phi) is 4.76. The van der Waals surface area contributed by atoms with Crippen LogP contribution in [-0.2, 0) is 0 Å². The van der Waals surface area contributed by atoms with E-state index in [4.69, 9.17) is 20.8 Å². The third-order valence-electron chi connectivity index (χ3n) is 2.71. The van der Waals surface area contributed by atoms with Gasteiger partial charge in [0.1, 0.15) is 5.69 Å². The van der Waals surface area contributed by atoms with Gasteiger partial charge in [-0.25, -0.2) is 4.98 Å². The van der Waals surface area contributed by atoms with Crippen LogP contribution in [0, 0.1) is 0 Å². The maximum atomic E-state index is 6.06. The molecule has 0 aromatic carbocycles. The summed E-state index contributed by atoms with van der Waals surface area (Å²) < 4.78 is 10.4. The lowest BCUT2D eigenvalue weighted by atomic mass is 10.1. The number of furan rings is 1. The summed E-state index contributed by atoms with van der Waals surface area (Å²) in [4.78, 5) is 8.52. The second kappa shape index (κ2) is 6.54. The van der Waals surface area contributed by atoms with Crippen molar-refractivity contribution in [3.63, 3.8) is 0 Å². The highest BCUT2D eigenvalue weighted by molar-refractivity contribution is 6.29. The molecule has 2 aromatic rings. The van der Waals surface area contributed by atoms with Crippen LogP contribution in [0.2, 0.25) is 5.22 Å². The first-order valence-electron chi connectivity index (χ1n) is 6.09. The number of rotatable bonds is 6. The van der Waals surface area contributed by atoms with Crippen LogP contribution in [0.4, 0.5) is 0 Å². The van der Waals surface area contributed by atoms with Crippen LogP contribution < -0.4 is 10.1 Å². The fourth-order valence-corrected chi connectivity index (χ4v) is 2.07. The minimum Gasteiger partial charge on any atom is -0.480 e. The summed E-state index contributed by atoms with van der Waals surface area (Å²) in [6.07, 6.45) is 5.78. The van der Waals surface area contributed by atoms with E-state index in [0.29, 0.717) is 16.8 Å². The molecule has 2 heterocycles. The van der Waals surface area contributed by atoms with Gasteiger partial charge in [-0.1, -0.05) is 6.92 Å². The van der Waals surface area contributed by atoms with Crippen molar-refractivity contribution in [3.8, 4) is 5.88 Å². The molecule has 0 fully saturated rings. The van der Waals surface area contributed by atoms with Crippen molar-refractivity contribution in [2.45, 2.75) is 19.4 Å². The second-order valence-corrected chi connectivity index (χ2v) is 4.33. The first-order chi connectivity index (χ1) is 9.27. The van der Waals surface area contributed by atoms with Gasteiger partial charge in [0.25, 0.3) is 0 Å². The van der Waals surface area contributed by atoms with Crippen LogP contribution >= 0.6 is 11.6 Å². The Balaban J connectivity index is 2.40. The molecule has 2 rings (SSSR count). The highest BCUT2D eigenvalue weighted by atomic mass is 35.5. The molecule has 0 bridgehead atoms. The number of nitrogens with zero attached hydrogens (tertiary/aromatic N) is 2. The molecule has 0 aliphatic heterocycles. The molecule has 0 amide bonds. The van der Waals surface area contributed by atoms with Gasteiger partial charge in [0.2, 0.25) is 5.88 Å². The standard InChI is InChI=1S/C13H16ClN3O2/c1-3-5-15-10(9-4-8-19-12(9)14)11-13(18-2)17-7-6-16-11/h4,6-8,10,15H,3,5H2,1-2H3. The summed E-state index contributed by atoms with van der Waals surface area (Å²) in [5.74, 6) is 0.480. The van der Waals surface area contributed by atoms with Gasteiger partial charge < -0.3 is 14.5 Å². The smallest absolute Gasteiger partial charge is 0.237 e. The molecule has 1 N–H and O–H groups in total. The lowest BCUT2D eigenvalue weighted by Crippen LogP contribution is -2.24. The molecule has 1 atom stereocenters. The topological polar surface area (TPSA) is 60.2 Å². The van der Waals surface area contributed by atoms with Gasteiger partial charge in [-0.15, -0.1) is 0 Å². The van der Waals surface area contributed by atoms with Crippen LogP contribution in [-0.4, -0.2) is 23.6 Å². The van der Waals surface area contributed by atoms with Crippen LogP contribution in [0.5, 0.6) is 5.88 Å². The van der Waals surface area contributed by atoms with Gasteiger partial charge >= 0.3 is 0 Å². The third-order valence-corrected chi connectivity index (χ3v) is 3.02. The summed E-state index contributed by atoms with van der Waals surface area (Å²) in [5, 5.41) is 3.73. The van der Waals surface area contributed by atoms with E-state index in [9.17, 15) is 0 Å². The number of halogens is 1. The third kappa shape index (κ3) is 3.05. The SMILES string of the molecule is CCCNC(c1ccoc1Cl)c1nccnc1OC. The monoisotopic (exact) mass is 281 g/mol. The fourth-order valence-electron chi connectivity index (χ4n) is 1.84. The molecule has 0 radical (unpaired) electrons. The molecule has 102 valence electrons. The average Bonchev–Trinajstić information content (AvgIpc) is 2.86. The average molecular weight is 282 g/mol. The molecule has 1 unspecified atom stereocenters. The lowest BCUT2D eigenvalue weighted by molar-refractivity contribution is 0.382. The quantitative estimate of drug-likeness (QED) is 0.882. The van der Waals surface area contributed by atoms with E-state index in [1.54, 1.807) is 25.8 Å². The van der Waals surface area contributed by atoms with E-state index < -0.39 is 0 Å². The predicted octanol–water partition coefficient (Wildman–Crippen LogP) is 2.82. The van der Waals surface area contributed by atoms with E-state index in [0.717, 1.165) is 18.5 Å².